The minimum absolute atomic E-state index is 0.0477. The molecule has 1 fully saturated rings. The number of aromatic nitrogens is 1. The van der Waals surface area contributed by atoms with Crippen molar-refractivity contribution in [2.45, 2.75) is 39.5 Å². The van der Waals surface area contributed by atoms with Gasteiger partial charge in [-0.1, -0.05) is 29.8 Å². The highest BCUT2D eigenvalue weighted by Crippen LogP contribution is 2.43. The number of aryl methyl sites for hydroxylation is 1. The van der Waals surface area contributed by atoms with Gasteiger partial charge in [0.1, 0.15) is 11.5 Å². The van der Waals surface area contributed by atoms with E-state index in [9.17, 15) is 19.5 Å². The van der Waals surface area contributed by atoms with E-state index in [-0.39, 0.29) is 34.6 Å². The molecule has 0 radical (unpaired) electrons. The molecule has 0 saturated carbocycles. The van der Waals surface area contributed by atoms with Crippen molar-refractivity contribution in [3.05, 3.63) is 99.3 Å². The molecule has 2 aromatic carbocycles. The number of halogens is 1. The molecule has 0 spiro atoms. The van der Waals surface area contributed by atoms with E-state index in [1.165, 1.54) is 12.0 Å². The third-order valence-corrected chi connectivity index (χ3v) is 6.35. The Labute approximate surface area is 225 Å². The highest BCUT2D eigenvalue weighted by Gasteiger charge is 2.46. The third-order valence-electron chi connectivity index (χ3n) is 6.07. The fourth-order valence-corrected chi connectivity index (χ4v) is 4.76. The number of methoxy groups -OCH3 is 1. The van der Waals surface area contributed by atoms with Crippen LogP contribution in [-0.2, 0) is 20.9 Å². The molecular weight excluding hydrogens is 508 g/mol. The quantitative estimate of drug-likeness (QED) is 0.191. The molecule has 1 aliphatic rings. The van der Waals surface area contributed by atoms with Gasteiger partial charge in [-0.25, -0.2) is 4.79 Å². The maximum atomic E-state index is 13.4. The first kappa shape index (κ1) is 26.9. The van der Waals surface area contributed by atoms with Gasteiger partial charge in [0.05, 0.1) is 41.0 Å². The molecule has 8 nitrogen and oxygen atoms in total. The summed E-state index contributed by atoms with van der Waals surface area (Å²) in [5.41, 5.74) is 2.44. The third kappa shape index (κ3) is 5.26. The number of benzene rings is 2. The van der Waals surface area contributed by atoms with Crippen molar-refractivity contribution >= 4 is 35.0 Å². The molecule has 38 heavy (non-hydrogen) atoms. The smallest absolute Gasteiger partial charge is 0.338 e. The number of rotatable bonds is 7. The van der Waals surface area contributed by atoms with Gasteiger partial charge < -0.3 is 19.5 Å². The topological polar surface area (TPSA) is 106 Å². The Bertz CT molecular complexity index is 1420. The summed E-state index contributed by atoms with van der Waals surface area (Å²) < 4.78 is 10.6. The Morgan fingerprint density at radius 1 is 1.16 bits per heavy atom. The van der Waals surface area contributed by atoms with Crippen LogP contribution >= 0.6 is 11.6 Å². The highest BCUT2D eigenvalue weighted by molar-refractivity contribution is 6.46. The van der Waals surface area contributed by atoms with E-state index in [0.717, 1.165) is 5.56 Å². The number of hydrogen-bond donors (Lipinski definition) is 1. The number of hydrogen-bond acceptors (Lipinski definition) is 7. The maximum Gasteiger partial charge on any atom is 0.338 e. The fourth-order valence-electron chi connectivity index (χ4n) is 4.41. The largest absolute Gasteiger partial charge is 0.507 e. The molecule has 1 unspecified atom stereocenters. The number of ether oxygens (including phenoxy) is 2. The van der Waals surface area contributed by atoms with Crippen molar-refractivity contribution in [1.82, 2.24) is 9.88 Å². The van der Waals surface area contributed by atoms with Crippen LogP contribution in [0.1, 0.15) is 52.5 Å². The van der Waals surface area contributed by atoms with Gasteiger partial charge in [-0.3, -0.25) is 14.6 Å². The molecular formula is C29H27ClN2O6. The zero-order valence-electron chi connectivity index (χ0n) is 21.4. The van der Waals surface area contributed by atoms with E-state index in [1.807, 2.05) is 0 Å². The Hall–Kier alpha value is -4.17. The van der Waals surface area contributed by atoms with Crippen LogP contribution in [0.2, 0.25) is 5.02 Å². The summed E-state index contributed by atoms with van der Waals surface area (Å²) in [6.45, 7) is 5.37. The lowest BCUT2D eigenvalue weighted by molar-refractivity contribution is -0.140. The maximum absolute atomic E-state index is 13.4. The zero-order chi connectivity index (χ0) is 27.6. The zero-order valence-corrected chi connectivity index (χ0v) is 22.2. The number of Topliss-reactive ketones (excluding diaryl/α,β-unsaturated/α-hetero) is 1. The first-order valence-electron chi connectivity index (χ1n) is 11.9. The molecule has 1 N–H and O–H groups in total. The van der Waals surface area contributed by atoms with E-state index < -0.39 is 29.5 Å². The van der Waals surface area contributed by atoms with Crippen molar-refractivity contribution in [2.24, 2.45) is 0 Å². The number of esters is 1. The average Bonchev–Trinajstić information content (AvgIpc) is 3.13. The van der Waals surface area contributed by atoms with Gasteiger partial charge >= 0.3 is 5.97 Å². The van der Waals surface area contributed by atoms with Gasteiger partial charge in [-0.15, -0.1) is 0 Å². The van der Waals surface area contributed by atoms with Gasteiger partial charge in [0.25, 0.3) is 11.7 Å². The second kappa shape index (κ2) is 11.1. The van der Waals surface area contributed by atoms with Crippen molar-refractivity contribution in [1.29, 1.82) is 0 Å². The SMILES string of the molecule is COc1c(Cl)cc(C)cc1/C(O)=C1\C(=O)C(=O)N(Cc2ccc(C(=O)OC(C)C)cc2)C1c1cccnc1. The predicted molar refractivity (Wildman–Crippen MR) is 142 cm³/mol. The number of likely N-dealkylation sites (tertiary alicyclic amines) is 1. The van der Waals surface area contributed by atoms with E-state index in [4.69, 9.17) is 21.1 Å². The lowest BCUT2D eigenvalue weighted by Gasteiger charge is -2.25. The Balaban J connectivity index is 1.79. The van der Waals surface area contributed by atoms with Crippen LogP contribution in [0.3, 0.4) is 0 Å². The molecule has 0 bridgehead atoms. The fraction of sp³-hybridized carbons (Fsp3) is 0.241. The number of pyridine rings is 1. The average molecular weight is 535 g/mol. The number of aliphatic hydroxyl groups excluding tert-OH is 1. The van der Waals surface area contributed by atoms with Crippen LogP contribution in [0.15, 0.2) is 66.5 Å². The molecule has 2 heterocycles. The van der Waals surface area contributed by atoms with E-state index in [1.54, 1.807) is 81.7 Å². The van der Waals surface area contributed by atoms with Gasteiger partial charge in [-0.2, -0.15) is 0 Å². The highest BCUT2D eigenvalue weighted by atomic mass is 35.5. The summed E-state index contributed by atoms with van der Waals surface area (Å²) in [6.07, 6.45) is 2.87. The van der Waals surface area contributed by atoms with Crippen LogP contribution in [0.25, 0.3) is 5.76 Å². The summed E-state index contributed by atoms with van der Waals surface area (Å²) in [5.74, 6) is -2.27. The molecule has 1 atom stereocenters. The molecule has 1 aliphatic heterocycles. The normalized spacial score (nSPS) is 16.7. The second-order valence-electron chi connectivity index (χ2n) is 9.19. The minimum atomic E-state index is -0.918. The lowest BCUT2D eigenvalue weighted by Crippen LogP contribution is -2.29. The predicted octanol–water partition coefficient (Wildman–Crippen LogP) is 5.24. The number of carbonyl (C=O) groups excluding carboxylic acids is 3. The molecule has 3 aromatic rings. The summed E-state index contributed by atoms with van der Waals surface area (Å²) >= 11 is 6.34. The number of ketones is 1. The van der Waals surface area contributed by atoms with Gasteiger partial charge in [0.2, 0.25) is 0 Å². The molecule has 1 aromatic heterocycles. The summed E-state index contributed by atoms with van der Waals surface area (Å²) in [4.78, 5) is 44.4. The molecule has 196 valence electrons. The number of amides is 1. The van der Waals surface area contributed by atoms with Gasteiger partial charge in [0.15, 0.2) is 0 Å². The Kier molecular flexibility index (Phi) is 7.83. The molecule has 9 heteroatoms. The van der Waals surface area contributed by atoms with Crippen LogP contribution in [0.4, 0.5) is 0 Å². The van der Waals surface area contributed by atoms with E-state index >= 15 is 0 Å². The summed E-state index contributed by atoms with van der Waals surface area (Å²) in [6, 6.07) is 12.4. The van der Waals surface area contributed by atoms with Crippen LogP contribution in [-0.4, -0.2) is 45.9 Å². The first-order valence-corrected chi connectivity index (χ1v) is 12.3. The standard InChI is InChI=1S/C29H27ClN2O6/c1-16(2)38-29(36)19-9-7-18(8-10-19)15-32-24(20-6-5-11-31-14-20)23(26(34)28(32)35)25(33)21-12-17(3)13-22(30)27(21)37-4/h5-14,16,24,33H,15H2,1-4H3/b25-23+. The monoisotopic (exact) mass is 534 g/mol. The Morgan fingerprint density at radius 3 is 2.47 bits per heavy atom. The molecule has 4 rings (SSSR count). The molecule has 1 amide bonds. The van der Waals surface area contributed by atoms with Gasteiger partial charge in [-0.05, 0) is 67.8 Å². The van der Waals surface area contributed by atoms with Crippen molar-refractivity contribution in [2.75, 3.05) is 7.11 Å². The Morgan fingerprint density at radius 2 is 1.87 bits per heavy atom. The van der Waals surface area contributed by atoms with Crippen LogP contribution in [0, 0.1) is 6.92 Å². The minimum Gasteiger partial charge on any atom is -0.507 e. The molecule has 0 aliphatic carbocycles. The molecule has 1 saturated heterocycles. The van der Waals surface area contributed by atoms with Crippen molar-refractivity contribution in [3.63, 3.8) is 0 Å². The van der Waals surface area contributed by atoms with Crippen molar-refractivity contribution in [3.8, 4) is 5.75 Å². The number of nitrogens with zero attached hydrogens (tertiary/aromatic N) is 2. The number of carbonyl (C=O) groups is 3. The lowest BCUT2D eigenvalue weighted by atomic mass is 9.95. The van der Waals surface area contributed by atoms with Crippen LogP contribution in [0.5, 0.6) is 5.75 Å². The summed E-state index contributed by atoms with van der Waals surface area (Å²) in [7, 11) is 1.41. The summed E-state index contributed by atoms with van der Waals surface area (Å²) in [5, 5.41) is 11.7. The first-order chi connectivity index (χ1) is 18.1. The van der Waals surface area contributed by atoms with Gasteiger partial charge in [0, 0.05) is 18.9 Å². The number of aliphatic hydroxyl groups is 1. The van der Waals surface area contributed by atoms with E-state index in [0.29, 0.717) is 16.7 Å². The van der Waals surface area contributed by atoms with Crippen molar-refractivity contribution < 1.29 is 29.0 Å². The van der Waals surface area contributed by atoms with Crippen LogP contribution < -0.4 is 4.74 Å². The van der Waals surface area contributed by atoms with E-state index in [2.05, 4.69) is 4.98 Å². The second-order valence-corrected chi connectivity index (χ2v) is 9.60.